The van der Waals surface area contributed by atoms with Crippen LogP contribution in [0.3, 0.4) is 0 Å². The van der Waals surface area contributed by atoms with E-state index in [0.717, 1.165) is 0 Å². The Morgan fingerprint density at radius 3 is 2.33 bits per heavy atom. The van der Waals surface area contributed by atoms with Crippen LogP contribution < -0.4 is 0 Å². The molecule has 7 heteroatoms. The Bertz CT molecular complexity index is 233. The fourth-order valence-electron chi connectivity index (χ4n) is 1.33. The maximum absolute atomic E-state index is 10.8. The monoisotopic (exact) mass is 238 g/mol. The van der Waals surface area contributed by atoms with Crippen LogP contribution in [0.25, 0.3) is 0 Å². The minimum atomic E-state index is -1.42. The molecule has 0 aromatic heterocycles. The van der Waals surface area contributed by atoms with Gasteiger partial charge in [-0.2, -0.15) is 0 Å². The molecule has 0 radical (unpaired) electrons. The molecular formula is C8H14O6S. The van der Waals surface area contributed by atoms with E-state index in [4.69, 9.17) is 9.84 Å². The average Bonchev–Trinajstić information content (AvgIpc) is 2.18. The highest BCUT2D eigenvalue weighted by atomic mass is 32.2. The summed E-state index contributed by atoms with van der Waals surface area (Å²) in [5.41, 5.74) is -0.960. The summed E-state index contributed by atoms with van der Waals surface area (Å²) in [7, 11) is 0. The number of thioether (sulfide) groups is 1. The van der Waals surface area contributed by atoms with Crippen LogP contribution in [0.1, 0.15) is 6.92 Å². The van der Waals surface area contributed by atoms with Crippen molar-refractivity contribution in [3.05, 3.63) is 0 Å². The van der Waals surface area contributed by atoms with E-state index in [9.17, 15) is 20.1 Å². The highest BCUT2D eigenvalue weighted by Gasteiger charge is 2.44. The summed E-state index contributed by atoms with van der Waals surface area (Å²) in [6.07, 6.45) is -5.11. The van der Waals surface area contributed by atoms with E-state index >= 15 is 0 Å². The third-order valence-corrected chi connectivity index (χ3v) is 3.08. The van der Waals surface area contributed by atoms with E-state index in [1.807, 2.05) is 0 Å². The van der Waals surface area contributed by atoms with Gasteiger partial charge in [0.2, 0.25) is 0 Å². The fraction of sp³-hybridized carbons (Fsp3) is 0.875. The molecule has 5 atom stereocenters. The van der Waals surface area contributed by atoms with Gasteiger partial charge in [0.25, 0.3) is 0 Å². The van der Waals surface area contributed by atoms with E-state index in [-0.39, 0.29) is 5.12 Å². The summed E-state index contributed by atoms with van der Waals surface area (Å²) in [4.78, 5) is 10.8. The lowest BCUT2D eigenvalue weighted by Gasteiger charge is -2.39. The molecule has 0 bridgehead atoms. The predicted molar refractivity (Wildman–Crippen MR) is 52.0 cm³/mol. The van der Waals surface area contributed by atoms with Gasteiger partial charge in [-0.3, -0.25) is 4.79 Å². The van der Waals surface area contributed by atoms with Gasteiger partial charge in [-0.15, -0.1) is 0 Å². The number of ether oxygens (including phenoxy) is 1. The Morgan fingerprint density at radius 2 is 1.87 bits per heavy atom. The van der Waals surface area contributed by atoms with E-state index in [1.165, 1.54) is 6.92 Å². The minimum Gasteiger partial charge on any atom is -0.394 e. The van der Waals surface area contributed by atoms with E-state index in [2.05, 4.69) is 0 Å². The van der Waals surface area contributed by atoms with Crippen molar-refractivity contribution in [2.75, 3.05) is 6.61 Å². The number of aliphatic hydroxyl groups excluding tert-OH is 4. The van der Waals surface area contributed by atoms with Gasteiger partial charge in [-0.1, -0.05) is 11.8 Å². The zero-order valence-corrected chi connectivity index (χ0v) is 8.92. The molecule has 0 unspecified atom stereocenters. The van der Waals surface area contributed by atoms with Crippen molar-refractivity contribution in [2.24, 2.45) is 0 Å². The maximum atomic E-state index is 10.8. The smallest absolute Gasteiger partial charge is 0.188 e. The normalized spacial score (nSPS) is 41.5. The summed E-state index contributed by atoms with van der Waals surface area (Å²) < 4.78 is 5.07. The summed E-state index contributed by atoms with van der Waals surface area (Å²) >= 11 is 0.715. The van der Waals surface area contributed by atoms with Crippen molar-refractivity contribution >= 4 is 16.9 Å². The molecule has 0 saturated carbocycles. The Labute approximate surface area is 90.9 Å². The van der Waals surface area contributed by atoms with Gasteiger partial charge in [0, 0.05) is 6.92 Å². The molecule has 0 amide bonds. The summed E-state index contributed by atoms with van der Waals surface area (Å²) in [5, 5.41) is 36.8. The summed E-state index contributed by atoms with van der Waals surface area (Å²) in [6, 6.07) is 0. The van der Waals surface area contributed by atoms with Gasteiger partial charge in [0.05, 0.1) is 6.61 Å². The first-order valence-corrected chi connectivity index (χ1v) is 5.33. The van der Waals surface area contributed by atoms with Crippen LogP contribution in [0.5, 0.6) is 0 Å². The molecule has 4 N–H and O–H groups in total. The summed E-state index contributed by atoms with van der Waals surface area (Å²) in [6.45, 7) is 0.812. The first-order chi connectivity index (χ1) is 6.97. The SMILES string of the molecule is CC(=O)S[C@H]1O[C@H](CO)[C@@H](O)[C@H](O)[C@@H]1O. The van der Waals surface area contributed by atoms with Crippen LogP contribution in [0.2, 0.25) is 0 Å². The van der Waals surface area contributed by atoms with Crippen LogP contribution in [-0.2, 0) is 9.53 Å². The topological polar surface area (TPSA) is 107 Å². The highest BCUT2D eigenvalue weighted by Crippen LogP contribution is 2.28. The van der Waals surface area contributed by atoms with Gasteiger partial charge < -0.3 is 25.2 Å². The van der Waals surface area contributed by atoms with Gasteiger partial charge in [0.1, 0.15) is 29.9 Å². The van der Waals surface area contributed by atoms with Gasteiger partial charge >= 0.3 is 0 Å². The van der Waals surface area contributed by atoms with E-state index in [0.29, 0.717) is 11.8 Å². The van der Waals surface area contributed by atoms with Gasteiger partial charge in [0.15, 0.2) is 5.12 Å². The van der Waals surface area contributed by atoms with Crippen LogP contribution in [-0.4, -0.2) is 62.0 Å². The third kappa shape index (κ3) is 2.90. The standard InChI is InChI=1S/C8H14O6S/c1-3(10)15-8-7(13)6(12)5(11)4(2-9)14-8/h4-9,11-13H,2H2,1H3/t4-,5-,6+,7+,8-/m1/s1. The molecule has 1 fully saturated rings. The van der Waals surface area contributed by atoms with Crippen LogP contribution in [0.4, 0.5) is 0 Å². The van der Waals surface area contributed by atoms with E-state index < -0.39 is 36.5 Å². The second-order valence-corrected chi connectivity index (χ2v) is 4.58. The predicted octanol–water partition coefficient (Wildman–Crippen LogP) is -1.93. The van der Waals surface area contributed by atoms with Gasteiger partial charge in [-0.05, 0) is 0 Å². The molecule has 6 nitrogen and oxygen atoms in total. The molecule has 0 aromatic carbocycles. The molecule has 0 spiro atoms. The lowest BCUT2D eigenvalue weighted by atomic mass is 10.0. The zero-order valence-electron chi connectivity index (χ0n) is 8.11. The molecule has 0 aromatic rings. The second-order valence-electron chi connectivity index (χ2n) is 3.31. The van der Waals surface area contributed by atoms with Crippen molar-refractivity contribution in [2.45, 2.75) is 36.8 Å². The molecule has 0 aliphatic carbocycles. The largest absolute Gasteiger partial charge is 0.394 e. The van der Waals surface area contributed by atoms with E-state index in [1.54, 1.807) is 0 Å². The van der Waals surface area contributed by atoms with Crippen molar-refractivity contribution in [3.8, 4) is 0 Å². The lowest BCUT2D eigenvalue weighted by molar-refractivity contribution is -0.205. The first kappa shape index (κ1) is 12.9. The zero-order chi connectivity index (χ0) is 11.6. The lowest BCUT2D eigenvalue weighted by Crippen LogP contribution is -2.57. The number of rotatable bonds is 2. The Hall–Kier alpha value is -0.180. The Kier molecular flexibility index (Phi) is 4.50. The molecule has 1 aliphatic rings. The molecular weight excluding hydrogens is 224 g/mol. The van der Waals surface area contributed by atoms with Crippen LogP contribution in [0.15, 0.2) is 0 Å². The molecule has 1 rings (SSSR count). The number of aliphatic hydroxyl groups is 4. The molecule has 1 aliphatic heterocycles. The number of hydrogen-bond donors (Lipinski definition) is 4. The van der Waals surface area contributed by atoms with Crippen molar-refractivity contribution in [1.82, 2.24) is 0 Å². The highest BCUT2D eigenvalue weighted by molar-refractivity contribution is 8.14. The molecule has 1 saturated heterocycles. The molecule has 15 heavy (non-hydrogen) atoms. The number of carbonyl (C=O) groups excluding carboxylic acids is 1. The second kappa shape index (κ2) is 5.24. The van der Waals surface area contributed by atoms with Crippen molar-refractivity contribution in [3.63, 3.8) is 0 Å². The number of hydrogen-bond acceptors (Lipinski definition) is 7. The minimum absolute atomic E-state index is 0.278. The molecule has 1 heterocycles. The Balaban J connectivity index is 2.69. The summed E-state index contributed by atoms with van der Waals surface area (Å²) in [5.74, 6) is 0. The van der Waals surface area contributed by atoms with Crippen molar-refractivity contribution < 1.29 is 30.0 Å². The molecule has 88 valence electrons. The van der Waals surface area contributed by atoms with Crippen molar-refractivity contribution in [1.29, 1.82) is 0 Å². The Morgan fingerprint density at radius 1 is 1.27 bits per heavy atom. The third-order valence-electron chi connectivity index (χ3n) is 2.13. The average molecular weight is 238 g/mol. The number of carbonyl (C=O) groups is 1. The quantitative estimate of drug-likeness (QED) is 0.443. The van der Waals surface area contributed by atoms with Crippen LogP contribution in [0, 0.1) is 0 Å². The first-order valence-electron chi connectivity index (χ1n) is 4.45. The van der Waals surface area contributed by atoms with Crippen LogP contribution >= 0.6 is 11.8 Å². The fourth-order valence-corrected chi connectivity index (χ4v) is 2.15. The van der Waals surface area contributed by atoms with Gasteiger partial charge in [-0.25, -0.2) is 0 Å². The maximum Gasteiger partial charge on any atom is 0.188 e.